The van der Waals surface area contributed by atoms with Crippen LogP contribution in [-0.4, -0.2) is 88.6 Å². The van der Waals surface area contributed by atoms with Crippen LogP contribution in [0.2, 0.25) is 0 Å². The summed E-state index contributed by atoms with van der Waals surface area (Å²) >= 11 is 0. The lowest BCUT2D eigenvalue weighted by Gasteiger charge is -2.26. The van der Waals surface area contributed by atoms with E-state index in [-0.39, 0.29) is 24.0 Å². The van der Waals surface area contributed by atoms with E-state index >= 15 is 0 Å². The molecule has 0 bridgehead atoms. The molecule has 0 radical (unpaired) electrons. The molecule has 0 spiro atoms. The molecule has 1 N–H and O–H groups in total. The summed E-state index contributed by atoms with van der Waals surface area (Å²) in [6.45, 7) is 11.8. The number of hydrogen-bond acceptors (Lipinski definition) is 5. The lowest BCUT2D eigenvalue weighted by Crippen LogP contribution is -2.40. The predicted octanol–water partition coefficient (Wildman–Crippen LogP) is 2.45. The van der Waals surface area contributed by atoms with Crippen LogP contribution in [0.25, 0.3) is 0 Å². The molecule has 0 amide bonds. The number of rotatable bonds is 9. The van der Waals surface area contributed by atoms with E-state index in [1.807, 2.05) is 12.1 Å². The van der Waals surface area contributed by atoms with Gasteiger partial charge in [0.2, 0.25) is 0 Å². The van der Waals surface area contributed by atoms with Gasteiger partial charge < -0.3 is 24.4 Å². The number of nitrogens with one attached hydrogen (secondary N) is 1. The molecule has 170 valence electrons. The molecule has 8 heteroatoms. The van der Waals surface area contributed by atoms with Gasteiger partial charge >= 0.3 is 0 Å². The minimum Gasteiger partial charge on any atom is -0.492 e. The van der Waals surface area contributed by atoms with Gasteiger partial charge in [-0.05, 0) is 31.0 Å². The van der Waals surface area contributed by atoms with Crippen LogP contribution in [0.5, 0.6) is 5.75 Å². The fraction of sp³-hybridized carbons (Fsp3) is 0.682. The summed E-state index contributed by atoms with van der Waals surface area (Å²) in [5.74, 6) is 2.49. The molecule has 2 heterocycles. The fourth-order valence-corrected chi connectivity index (χ4v) is 3.84. The third-order valence-electron chi connectivity index (χ3n) is 5.41. The Morgan fingerprint density at radius 3 is 2.87 bits per heavy atom. The molecular weight excluding hydrogens is 495 g/mol. The molecule has 2 aliphatic rings. The highest BCUT2D eigenvalue weighted by Gasteiger charge is 2.24. The van der Waals surface area contributed by atoms with Gasteiger partial charge in [-0.25, -0.2) is 4.99 Å². The average molecular weight is 532 g/mol. The highest BCUT2D eigenvalue weighted by Crippen LogP contribution is 2.18. The van der Waals surface area contributed by atoms with Crippen molar-refractivity contribution in [2.45, 2.75) is 19.9 Å². The van der Waals surface area contributed by atoms with E-state index in [9.17, 15) is 0 Å². The van der Waals surface area contributed by atoms with Crippen molar-refractivity contribution < 1.29 is 14.2 Å². The first-order valence-electron chi connectivity index (χ1n) is 10.8. The van der Waals surface area contributed by atoms with E-state index in [0.717, 1.165) is 82.8 Å². The van der Waals surface area contributed by atoms with Crippen molar-refractivity contribution in [3.8, 4) is 5.75 Å². The minimum atomic E-state index is 0. The first-order valence-corrected chi connectivity index (χ1v) is 10.8. The van der Waals surface area contributed by atoms with Crippen molar-refractivity contribution in [3.05, 3.63) is 29.8 Å². The Bertz CT molecular complexity index is 641. The quantitative estimate of drug-likeness (QED) is 0.300. The Labute approximate surface area is 198 Å². The number of hydrogen-bond donors (Lipinski definition) is 1. The Morgan fingerprint density at radius 2 is 2.10 bits per heavy atom. The topological polar surface area (TPSA) is 58.6 Å². The van der Waals surface area contributed by atoms with Gasteiger partial charge in [-0.2, -0.15) is 0 Å². The molecule has 7 nitrogen and oxygen atoms in total. The molecule has 1 unspecified atom stereocenters. The normalized spacial score (nSPS) is 20.1. The molecule has 0 aromatic heterocycles. The fourth-order valence-electron chi connectivity index (χ4n) is 3.84. The van der Waals surface area contributed by atoms with Crippen molar-refractivity contribution in [1.82, 2.24) is 15.1 Å². The molecule has 1 atom stereocenters. The van der Waals surface area contributed by atoms with Crippen molar-refractivity contribution in [1.29, 1.82) is 0 Å². The van der Waals surface area contributed by atoms with Gasteiger partial charge in [0.1, 0.15) is 12.4 Å². The number of likely N-dealkylation sites (tertiary alicyclic amines) is 1. The number of guanidine groups is 1. The summed E-state index contributed by atoms with van der Waals surface area (Å²) in [5, 5.41) is 3.43. The van der Waals surface area contributed by atoms with Gasteiger partial charge in [-0.1, -0.05) is 12.1 Å². The highest BCUT2D eigenvalue weighted by atomic mass is 127. The second-order valence-electron chi connectivity index (χ2n) is 7.68. The molecule has 2 fully saturated rings. The molecule has 2 aliphatic heterocycles. The highest BCUT2D eigenvalue weighted by molar-refractivity contribution is 14.0. The van der Waals surface area contributed by atoms with Crippen LogP contribution in [0.1, 0.15) is 18.9 Å². The lowest BCUT2D eigenvalue weighted by molar-refractivity contribution is 0.0322. The lowest BCUT2D eigenvalue weighted by atomic mass is 10.1. The second kappa shape index (κ2) is 14.1. The van der Waals surface area contributed by atoms with Gasteiger partial charge in [0.25, 0.3) is 0 Å². The van der Waals surface area contributed by atoms with Crippen LogP contribution in [0.3, 0.4) is 0 Å². The van der Waals surface area contributed by atoms with Gasteiger partial charge in [0, 0.05) is 52.3 Å². The predicted molar refractivity (Wildman–Crippen MR) is 131 cm³/mol. The molecule has 1 aromatic rings. The SMILES string of the molecule is CCNC(=NCc1cccc(OCCN2CCOCC2)c1)N1CCC(COC)C1.I. The summed E-state index contributed by atoms with van der Waals surface area (Å²) in [5.41, 5.74) is 1.16. The van der Waals surface area contributed by atoms with Gasteiger partial charge in [0.05, 0.1) is 26.4 Å². The third kappa shape index (κ3) is 8.20. The molecule has 3 rings (SSSR count). The number of nitrogens with zero attached hydrogens (tertiary/aromatic N) is 3. The maximum atomic E-state index is 5.97. The van der Waals surface area contributed by atoms with Crippen LogP contribution < -0.4 is 10.1 Å². The number of halogens is 1. The third-order valence-corrected chi connectivity index (χ3v) is 5.41. The van der Waals surface area contributed by atoms with Crippen LogP contribution in [-0.2, 0) is 16.0 Å². The number of benzene rings is 1. The second-order valence-corrected chi connectivity index (χ2v) is 7.68. The Kier molecular flexibility index (Phi) is 11.8. The van der Waals surface area contributed by atoms with Crippen LogP contribution in [0.4, 0.5) is 0 Å². The summed E-state index contributed by atoms with van der Waals surface area (Å²) in [6.07, 6.45) is 1.16. The Morgan fingerprint density at radius 1 is 1.27 bits per heavy atom. The zero-order valence-electron chi connectivity index (χ0n) is 18.3. The Balaban J connectivity index is 0.00000320. The van der Waals surface area contributed by atoms with Crippen LogP contribution in [0.15, 0.2) is 29.3 Å². The monoisotopic (exact) mass is 532 g/mol. The number of aliphatic imine (C=N–C) groups is 1. The van der Waals surface area contributed by atoms with Gasteiger partial charge in [0.15, 0.2) is 5.96 Å². The molecular formula is C22H37IN4O3. The van der Waals surface area contributed by atoms with E-state index in [0.29, 0.717) is 19.1 Å². The molecule has 0 aliphatic carbocycles. The van der Waals surface area contributed by atoms with Gasteiger partial charge in [-0.15, -0.1) is 24.0 Å². The maximum Gasteiger partial charge on any atom is 0.194 e. The number of ether oxygens (including phenoxy) is 3. The Hall–Kier alpha value is -1.10. The summed E-state index contributed by atoms with van der Waals surface area (Å²) in [7, 11) is 1.78. The van der Waals surface area contributed by atoms with Crippen molar-refractivity contribution >= 4 is 29.9 Å². The summed E-state index contributed by atoms with van der Waals surface area (Å²) < 4.78 is 16.7. The van der Waals surface area contributed by atoms with E-state index in [4.69, 9.17) is 19.2 Å². The first kappa shape index (κ1) is 25.2. The standard InChI is InChI=1S/C22H36N4O3.HI/c1-3-23-22(26-8-7-20(17-26)18-27-2)24-16-19-5-4-6-21(15-19)29-14-11-25-9-12-28-13-10-25;/h4-6,15,20H,3,7-14,16-18H2,1-2H3,(H,23,24);1H. The molecule has 1 aromatic carbocycles. The largest absolute Gasteiger partial charge is 0.492 e. The van der Waals surface area contributed by atoms with Crippen molar-refractivity contribution in [2.75, 3.05) is 72.8 Å². The minimum absolute atomic E-state index is 0. The van der Waals surface area contributed by atoms with Crippen molar-refractivity contribution in [2.24, 2.45) is 10.9 Å². The number of morpholine rings is 1. The smallest absolute Gasteiger partial charge is 0.194 e. The van der Waals surface area contributed by atoms with Crippen molar-refractivity contribution in [3.63, 3.8) is 0 Å². The average Bonchev–Trinajstić information content (AvgIpc) is 3.21. The number of methoxy groups -OCH3 is 1. The molecule has 0 saturated carbocycles. The summed E-state index contributed by atoms with van der Waals surface area (Å²) in [6, 6.07) is 8.28. The first-order chi connectivity index (χ1) is 14.3. The zero-order chi connectivity index (χ0) is 20.3. The zero-order valence-corrected chi connectivity index (χ0v) is 20.7. The van der Waals surface area contributed by atoms with E-state index in [1.54, 1.807) is 7.11 Å². The summed E-state index contributed by atoms with van der Waals surface area (Å²) in [4.78, 5) is 9.59. The van der Waals surface area contributed by atoms with E-state index in [2.05, 4.69) is 34.2 Å². The van der Waals surface area contributed by atoms with E-state index < -0.39 is 0 Å². The molecule has 30 heavy (non-hydrogen) atoms. The maximum absolute atomic E-state index is 5.97. The van der Waals surface area contributed by atoms with Crippen LogP contribution in [0, 0.1) is 5.92 Å². The van der Waals surface area contributed by atoms with Gasteiger partial charge in [-0.3, -0.25) is 4.90 Å². The van der Waals surface area contributed by atoms with E-state index in [1.165, 1.54) is 0 Å². The molecule has 2 saturated heterocycles. The van der Waals surface area contributed by atoms with Crippen LogP contribution >= 0.6 is 24.0 Å².